The third-order valence-corrected chi connectivity index (χ3v) is 4.83. The molecule has 12 heavy (non-hydrogen) atoms. The van der Waals surface area contributed by atoms with Gasteiger partial charge in [0.25, 0.3) is 10.1 Å². The average Bonchev–Trinajstić information content (AvgIpc) is 2.03. The van der Waals surface area contributed by atoms with E-state index in [0.29, 0.717) is 0 Å². The molecule has 1 aliphatic rings. The van der Waals surface area contributed by atoms with E-state index < -0.39 is 42.8 Å². The molecule has 0 bridgehead atoms. The lowest BCUT2D eigenvalue weighted by Crippen LogP contribution is -2.32. The average molecular weight is 216 g/mol. The van der Waals surface area contributed by atoms with Crippen LogP contribution in [-0.4, -0.2) is 49.4 Å². The highest BCUT2D eigenvalue weighted by molar-refractivity contribution is 7.94. The Morgan fingerprint density at radius 2 is 1.75 bits per heavy atom. The van der Waals surface area contributed by atoms with Gasteiger partial charge in [0.2, 0.25) is 0 Å². The van der Waals surface area contributed by atoms with Gasteiger partial charge in [0, 0.05) is 0 Å². The summed E-state index contributed by atoms with van der Waals surface area (Å²) in [6.07, 6.45) is -1.51. The van der Waals surface area contributed by atoms with Crippen molar-refractivity contribution in [2.75, 3.05) is 11.5 Å². The first-order valence-electron chi connectivity index (χ1n) is 3.07. The van der Waals surface area contributed by atoms with Gasteiger partial charge in [0.1, 0.15) is 5.25 Å². The van der Waals surface area contributed by atoms with Crippen LogP contribution in [0.15, 0.2) is 0 Å². The van der Waals surface area contributed by atoms with E-state index in [2.05, 4.69) is 0 Å². The summed E-state index contributed by atoms with van der Waals surface area (Å²) in [6.45, 7) is 0. The van der Waals surface area contributed by atoms with Crippen molar-refractivity contribution in [2.24, 2.45) is 0 Å². The Balaban J connectivity index is 3.01. The van der Waals surface area contributed by atoms with Crippen molar-refractivity contribution in [2.45, 2.75) is 11.4 Å². The summed E-state index contributed by atoms with van der Waals surface area (Å²) < 4.78 is 50.9. The number of aliphatic hydroxyl groups excluding tert-OH is 1. The van der Waals surface area contributed by atoms with Crippen LogP contribution in [0.5, 0.6) is 0 Å². The van der Waals surface area contributed by atoms with Crippen LogP contribution in [0.1, 0.15) is 0 Å². The highest BCUT2D eigenvalue weighted by Gasteiger charge is 2.43. The Morgan fingerprint density at radius 1 is 1.25 bits per heavy atom. The molecule has 1 saturated heterocycles. The van der Waals surface area contributed by atoms with Gasteiger partial charge in [-0.05, 0) is 0 Å². The Morgan fingerprint density at radius 3 is 1.92 bits per heavy atom. The van der Waals surface area contributed by atoms with Crippen LogP contribution < -0.4 is 0 Å². The summed E-state index contributed by atoms with van der Waals surface area (Å²) in [5.74, 6) is -1.30. The summed E-state index contributed by atoms with van der Waals surface area (Å²) in [7, 11) is -7.97. The van der Waals surface area contributed by atoms with Gasteiger partial charge >= 0.3 is 0 Å². The highest BCUT2D eigenvalue weighted by Crippen LogP contribution is 2.18. The third kappa shape index (κ3) is 1.94. The number of aliphatic hydroxyl groups is 1. The summed E-state index contributed by atoms with van der Waals surface area (Å²) in [6, 6.07) is 0. The largest absolute Gasteiger partial charge is 0.391 e. The molecule has 2 N–H and O–H groups in total. The fourth-order valence-corrected chi connectivity index (χ4v) is 4.62. The standard InChI is InChI=1S/C4H8O6S2/c5-3-1-11(6,7)2-4(3)12(8,9)10/h3-5H,1-2H2,(H,8,9,10)/t3-,4+/m1/s1. The molecule has 6 nitrogen and oxygen atoms in total. The van der Waals surface area contributed by atoms with E-state index in [9.17, 15) is 16.8 Å². The molecule has 2 atom stereocenters. The molecular weight excluding hydrogens is 208 g/mol. The SMILES string of the molecule is O=S1(=O)C[C@@H](O)[C@@H](S(=O)(=O)O)C1. The molecule has 0 radical (unpaired) electrons. The summed E-state index contributed by atoms with van der Waals surface area (Å²) in [5.41, 5.74) is 0. The van der Waals surface area contributed by atoms with Gasteiger partial charge in [-0.2, -0.15) is 8.42 Å². The molecule has 1 fully saturated rings. The molecule has 0 unspecified atom stereocenters. The van der Waals surface area contributed by atoms with E-state index in [1.54, 1.807) is 0 Å². The van der Waals surface area contributed by atoms with E-state index >= 15 is 0 Å². The second kappa shape index (κ2) is 2.66. The van der Waals surface area contributed by atoms with Gasteiger partial charge in [-0.1, -0.05) is 0 Å². The van der Waals surface area contributed by atoms with E-state index in [4.69, 9.17) is 9.66 Å². The fraction of sp³-hybridized carbons (Fsp3) is 1.00. The molecule has 0 aromatic rings. The van der Waals surface area contributed by atoms with E-state index in [1.807, 2.05) is 0 Å². The minimum atomic E-state index is -4.45. The molecule has 1 heterocycles. The molecule has 1 rings (SSSR count). The van der Waals surface area contributed by atoms with Crippen LogP contribution in [0.25, 0.3) is 0 Å². The van der Waals surface area contributed by atoms with Crippen LogP contribution in [-0.2, 0) is 20.0 Å². The first kappa shape index (κ1) is 9.90. The molecule has 72 valence electrons. The summed E-state index contributed by atoms with van der Waals surface area (Å²) >= 11 is 0. The lowest BCUT2D eigenvalue weighted by atomic mass is 10.3. The molecule has 0 aliphatic carbocycles. The normalized spacial score (nSPS) is 35.2. The first-order valence-corrected chi connectivity index (χ1v) is 6.39. The van der Waals surface area contributed by atoms with E-state index in [0.717, 1.165) is 0 Å². The first-order chi connectivity index (χ1) is 5.22. The van der Waals surface area contributed by atoms with Gasteiger partial charge in [0.15, 0.2) is 9.84 Å². The predicted octanol–water partition coefficient (Wildman–Crippen LogP) is -1.97. The fourth-order valence-electron chi connectivity index (χ4n) is 1.08. The monoisotopic (exact) mass is 216 g/mol. The van der Waals surface area contributed by atoms with Crippen molar-refractivity contribution in [3.8, 4) is 0 Å². The number of hydrogen-bond acceptors (Lipinski definition) is 5. The highest BCUT2D eigenvalue weighted by atomic mass is 32.2. The quantitative estimate of drug-likeness (QED) is 0.492. The lowest BCUT2D eigenvalue weighted by Gasteiger charge is -2.06. The predicted molar refractivity (Wildman–Crippen MR) is 40.0 cm³/mol. The summed E-state index contributed by atoms with van der Waals surface area (Å²) in [4.78, 5) is 0. The zero-order valence-electron chi connectivity index (χ0n) is 5.91. The number of rotatable bonds is 1. The number of sulfone groups is 1. The Hall–Kier alpha value is -0.180. The molecule has 0 spiro atoms. The van der Waals surface area contributed by atoms with Crippen LogP contribution in [0.2, 0.25) is 0 Å². The third-order valence-electron chi connectivity index (χ3n) is 1.65. The maximum Gasteiger partial charge on any atom is 0.271 e. The van der Waals surface area contributed by atoms with Crippen molar-refractivity contribution in [1.82, 2.24) is 0 Å². The van der Waals surface area contributed by atoms with Gasteiger partial charge in [0.05, 0.1) is 17.6 Å². The van der Waals surface area contributed by atoms with Crippen molar-refractivity contribution >= 4 is 20.0 Å². The molecule has 0 amide bonds. The van der Waals surface area contributed by atoms with Gasteiger partial charge in [-0.15, -0.1) is 0 Å². The maximum atomic E-state index is 10.8. The van der Waals surface area contributed by atoms with E-state index in [1.165, 1.54) is 0 Å². The Kier molecular flexibility index (Phi) is 2.19. The topological polar surface area (TPSA) is 109 Å². The van der Waals surface area contributed by atoms with Crippen LogP contribution in [0.4, 0.5) is 0 Å². The second-order valence-electron chi connectivity index (χ2n) is 2.70. The molecular formula is C4H8O6S2. The van der Waals surface area contributed by atoms with Crippen molar-refractivity contribution in [3.05, 3.63) is 0 Å². The minimum Gasteiger partial charge on any atom is -0.391 e. The van der Waals surface area contributed by atoms with Crippen molar-refractivity contribution < 1.29 is 26.5 Å². The molecule has 1 aliphatic heterocycles. The smallest absolute Gasteiger partial charge is 0.271 e. The van der Waals surface area contributed by atoms with Crippen LogP contribution in [0.3, 0.4) is 0 Å². The minimum absolute atomic E-state index is 0.600. The van der Waals surface area contributed by atoms with Gasteiger partial charge in [-0.25, -0.2) is 8.42 Å². The maximum absolute atomic E-state index is 10.8. The van der Waals surface area contributed by atoms with Gasteiger partial charge < -0.3 is 5.11 Å². The van der Waals surface area contributed by atoms with Crippen LogP contribution in [0, 0.1) is 0 Å². The van der Waals surface area contributed by atoms with Crippen LogP contribution >= 0.6 is 0 Å². The molecule has 0 aromatic heterocycles. The summed E-state index contributed by atoms with van der Waals surface area (Å²) in [5, 5.41) is 7.36. The zero-order valence-corrected chi connectivity index (χ0v) is 7.55. The molecule has 0 aromatic carbocycles. The Labute approximate surface area is 69.9 Å². The van der Waals surface area contributed by atoms with Gasteiger partial charge in [-0.3, -0.25) is 4.55 Å². The zero-order chi connectivity index (χ0) is 9.57. The van der Waals surface area contributed by atoms with E-state index in [-0.39, 0.29) is 0 Å². The molecule has 0 saturated carbocycles. The van der Waals surface area contributed by atoms with Crippen molar-refractivity contribution in [3.63, 3.8) is 0 Å². The number of hydrogen-bond donors (Lipinski definition) is 2. The second-order valence-corrected chi connectivity index (χ2v) is 6.49. The Bertz CT molecular complexity index is 364. The van der Waals surface area contributed by atoms with Crippen molar-refractivity contribution in [1.29, 1.82) is 0 Å². The lowest BCUT2D eigenvalue weighted by molar-refractivity contribution is 0.200. The molecule has 8 heteroatoms.